The number of benzene rings is 2. The fourth-order valence-electron chi connectivity index (χ4n) is 2.73. The Hall–Kier alpha value is -1.58. The monoisotopic (exact) mass is 287 g/mol. The van der Waals surface area contributed by atoms with Crippen molar-refractivity contribution in [3.63, 3.8) is 0 Å². The maximum Gasteiger partial charge on any atom is 0.126 e. The Morgan fingerprint density at radius 3 is 2.29 bits per heavy atom. The highest BCUT2D eigenvalue weighted by molar-refractivity contribution is 5.91. The Balaban J connectivity index is 2.31. The molecule has 2 rings (SSSR count). The van der Waals surface area contributed by atoms with Gasteiger partial charge in [-0.2, -0.15) is 0 Å². The SMILES string of the molecule is CCC(CC)(CO)NCc1ccc(OC)c2ccccc12. The third-order valence-corrected chi connectivity index (χ3v) is 4.50. The second kappa shape index (κ2) is 6.92. The van der Waals surface area contributed by atoms with Gasteiger partial charge in [0, 0.05) is 17.5 Å². The third-order valence-electron chi connectivity index (χ3n) is 4.50. The Morgan fingerprint density at radius 2 is 1.71 bits per heavy atom. The first-order chi connectivity index (χ1) is 10.2. The van der Waals surface area contributed by atoms with Crippen LogP contribution in [0.2, 0.25) is 0 Å². The van der Waals surface area contributed by atoms with Gasteiger partial charge in [0.25, 0.3) is 0 Å². The molecule has 2 aromatic rings. The fourth-order valence-corrected chi connectivity index (χ4v) is 2.73. The van der Waals surface area contributed by atoms with Crippen molar-refractivity contribution in [2.24, 2.45) is 0 Å². The van der Waals surface area contributed by atoms with E-state index >= 15 is 0 Å². The minimum absolute atomic E-state index is 0.161. The van der Waals surface area contributed by atoms with Crippen molar-refractivity contribution >= 4 is 10.8 Å². The Kier molecular flexibility index (Phi) is 5.21. The van der Waals surface area contributed by atoms with Gasteiger partial charge in [-0.05, 0) is 29.9 Å². The summed E-state index contributed by atoms with van der Waals surface area (Å²) < 4.78 is 5.43. The maximum atomic E-state index is 9.67. The van der Waals surface area contributed by atoms with Crippen LogP contribution in [0.4, 0.5) is 0 Å². The zero-order valence-electron chi connectivity index (χ0n) is 13.1. The van der Waals surface area contributed by atoms with Gasteiger partial charge in [0.1, 0.15) is 5.75 Å². The molecule has 0 unspecified atom stereocenters. The lowest BCUT2D eigenvalue weighted by molar-refractivity contribution is 0.149. The summed E-state index contributed by atoms with van der Waals surface area (Å²) in [6, 6.07) is 12.4. The van der Waals surface area contributed by atoms with E-state index in [2.05, 4.69) is 37.4 Å². The first-order valence-electron chi connectivity index (χ1n) is 7.60. The number of rotatable bonds is 7. The van der Waals surface area contributed by atoms with E-state index in [9.17, 15) is 5.11 Å². The molecule has 2 N–H and O–H groups in total. The molecule has 0 saturated heterocycles. The zero-order chi connectivity index (χ0) is 15.3. The molecule has 0 amide bonds. The summed E-state index contributed by atoms with van der Waals surface area (Å²) in [5.41, 5.74) is 1.03. The van der Waals surface area contributed by atoms with Gasteiger partial charge in [0.2, 0.25) is 0 Å². The lowest BCUT2D eigenvalue weighted by Crippen LogP contribution is -2.47. The molecule has 0 atom stereocenters. The first-order valence-corrected chi connectivity index (χ1v) is 7.60. The van der Waals surface area contributed by atoms with E-state index in [1.54, 1.807) is 7.11 Å². The second-order valence-corrected chi connectivity index (χ2v) is 5.47. The molecule has 3 heteroatoms. The van der Waals surface area contributed by atoms with E-state index in [0.717, 1.165) is 30.5 Å². The van der Waals surface area contributed by atoms with Gasteiger partial charge in [-0.1, -0.05) is 44.2 Å². The van der Waals surface area contributed by atoms with Crippen LogP contribution in [0.3, 0.4) is 0 Å². The van der Waals surface area contributed by atoms with Crippen molar-refractivity contribution in [1.82, 2.24) is 5.32 Å². The lowest BCUT2D eigenvalue weighted by atomic mass is 9.93. The van der Waals surface area contributed by atoms with Gasteiger partial charge in [-0.15, -0.1) is 0 Å². The summed E-state index contributed by atoms with van der Waals surface area (Å²) in [6.45, 7) is 5.12. The average Bonchev–Trinajstić information content (AvgIpc) is 2.56. The molecular formula is C18H25NO2. The standard InChI is InChI=1S/C18H25NO2/c1-4-18(5-2,13-20)19-12-14-10-11-17(21-3)16-9-7-6-8-15(14)16/h6-11,19-20H,4-5,12-13H2,1-3H3. The van der Waals surface area contributed by atoms with Gasteiger partial charge in [-0.25, -0.2) is 0 Å². The number of fused-ring (bicyclic) bond motifs is 1. The van der Waals surface area contributed by atoms with Crippen LogP contribution < -0.4 is 10.1 Å². The van der Waals surface area contributed by atoms with Crippen LogP contribution in [0.15, 0.2) is 36.4 Å². The first kappa shape index (κ1) is 15.8. The molecule has 21 heavy (non-hydrogen) atoms. The van der Waals surface area contributed by atoms with E-state index in [0.29, 0.717) is 0 Å². The van der Waals surface area contributed by atoms with E-state index in [4.69, 9.17) is 4.74 Å². The molecule has 0 saturated carbocycles. The second-order valence-electron chi connectivity index (χ2n) is 5.47. The van der Waals surface area contributed by atoms with Crippen LogP contribution in [-0.2, 0) is 6.54 Å². The van der Waals surface area contributed by atoms with Crippen molar-refractivity contribution in [3.05, 3.63) is 42.0 Å². The predicted octanol–water partition coefficient (Wildman–Crippen LogP) is 3.49. The van der Waals surface area contributed by atoms with Gasteiger partial charge >= 0.3 is 0 Å². The van der Waals surface area contributed by atoms with Crippen LogP contribution in [0.1, 0.15) is 32.3 Å². The highest BCUT2D eigenvalue weighted by Gasteiger charge is 2.24. The van der Waals surface area contributed by atoms with Crippen LogP contribution in [-0.4, -0.2) is 24.4 Å². The Labute approximate surface area is 126 Å². The summed E-state index contributed by atoms with van der Waals surface area (Å²) in [5.74, 6) is 0.897. The topological polar surface area (TPSA) is 41.5 Å². The Bertz CT molecular complexity index is 583. The number of nitrogens with one attached hydrogen (secondary N) is 1. The molecule has 0 aliphatic rings. The predicted molar refractivity (Wildman–Crippen MR) is 87.7 cm³/mol. The zero-order valence-corrected chi connectivity index (χ0v) is 13.1. The summed E-state index contributed by atoms with van der Waals surface area (Å²) in [4.78, 5) is 0. The number of hydrogen-bond donors (Lipinski definition) is 2. The normalized spacial score (nSPS) is 11.8. The molecule has 0 fully saturated rings. The van der Waals surface area contributed by atoms with Crippen molar-refractivity contribution in [2.45, 2.75) is 38.8 Å². The smallest absolute Gasteiger partial charge is 0.126 e. The molecule has 0 spiro atoms. The van der Waals surface area contributed by atoms with Gasteiger partial charge in [0.05, 0.1) is 13.7 Å². The van der Waals surface area contributed by atoms with E-state index in [1.807, 2.05) is 18.2 Å². The molecule has 114 valence electrons. The van der Waals surface area contributed by atoms with Gasteiger partial charge in [-0.3, -0.25) is 0 Å². The van der Waals surface area contributed by atoms with Crippen molar-refractivity contribution in [1.29, 1.82) is 0 Å². The largest absolute Gasteiger partial charge is 0.496 e. The van der Waals surface area contributed by atoms with E-state index < -0.39 is 0 Å². The summed E-state index contributed by atoms with van der Waals surface area (Å²) in [5, 5.41) is 15.5. The highest BCUT2D eigenvalue weighted by atomic mass is 16.5. The van der Waals surface area contributed by atoms with Crippen molar-refractivity contribution in [3.8, 4) is 5.75 Å². The van der Waals surface area contributed by atoms with Crippen molar-refractivity contribution < 1.29 is 9.84 Å². The molecule has 2 aromatic carbocycles. The number of aliphatic hydroxyl groups is 1. The van der Waals surface area contributed by atoms with Crippen LogP contribution >= 0.6 is 0 Å². The molecule has 0 aliphatic heterocycles. The number of aliphatic hydroxyl groups excluding tert-OH is 1. The lowest BCUT2D eigenvalue weighted by Gasteiger charge is -2.31. The molecule has 0 aliphatic carbocycles. The fraction of sp³-hybridized carbons (Fsp3) is 0.444. The van der Waals surface area contributed by atoms with E-state index in [1.165, 1.54) is 10.9 Å². The molecule has 0 bridgehead atoms. The molecule has 0 heterocycles. The number of methoxy groups -OCH3 is 1. The minimum Gasteiger partial charge on any atom is -0.496 e. The minimum atomic E-state index is -0.193. The number of ether oxygens (including phenoxy) is 1. The molecule has 0 radical (unpaired) electrons. The molecule has 0 aromatic heterocycles. The van der Waals surface area contributed by atoms with Crippen LogP contribution in [0.5, 0.6) is 5.75 Å². The summed E-state index contributed by atoms with van der Waals surface area (Å²) in [7, 11) is 1.70. The average molecular weight is 287 g/mol. The quantitative estimate of drug-likeness (QED) is 0.819. The van der Waals surface area contributed by atoms with E-state index in [-0.39, 0.29) is 12.1 Å². The number of hydrogen-bond acceptors (Lipinski definition) is 3. The van der Waals surface area contributed by atoms with Crippen LogP contribution in [0.25, 0.3) is 10.8 Å². The summed E-state index contributed by atoms with van der Waals surface area (Å²) >= 11 is 0. The van der Waals surface area contributed by atoms with Gasteiger partial charge < -0.3 is 15.2 Å². The molecule has 3 nitrogen and oxygen atoms in total. The summed E-state index contributed by atoms with van der Waals surface area (Å²) in [6.07, 6.45) is 1.82. The molecular weight excluding hydrogens is 262 g/mol. The highest BCUT2D eigenvalue weighted by Crippen LogP contribution is 2.28. The van der Waals surface area contributed by atoms with Crippen LogP contribution in [0, 0.1) is 0 Å². The third kappa shape index (κ3) is 3.20. The Morgan fingerprint density at radius 1 is 1.05 bits per heavy atom. The van der Waals surface area contributed by atoms with Gasteiger partial charge in [0.15, 0.2) is 0 Å². The maximum absolute atomic E-state index is 9.67. The van der Waals surface area contributed by atoms with Crippen molar-refractivity contribution in [2.75, 3.05) is 13.7 Å².